The van der Waals surface area contributed by atoms with Crippen LogP contribution < -0.4 is 4.90 Å². The van der Waals surface area contributed by atoms with Crippen LogP contribution >= 0.6 is 27.5 Å². The van der Waals surface area contributed by atoms with E-state index in [1.807, 2.05) is 29.0 Å². The van der Waals surface area contributed by atoms with Crippen molar-refractivity contribution >= 4 is 43.6 Å². The third-order valence-electron chi connectivity index (χ3n) is 4.19. The minimum atomic E-state index is 0.126. The van der Waals surface area contributed by atoms with Crippen molar-refractivity contribution in [2.75, 3.05) is 31.6 Å². The van der Waals surface area contributed by atoms with Gasteiger partial charge in [-0.1, -0.05) is 53.4 Å². The molecular formula is C18H24BrClN2O. The summed E-state index contributed by atoms with van der Waals surface area (Å²) in [6, 6.07) is 3.86. The van der Waals surface area contributed by atoms with Gasteiger partial charge in [-0.05, 0) is 43.7 Å². The highest BCUT2D eigenvalue weighted by molar-refractivity contribution is 9.15. The zero-order chi connectivity index (χ0) is 17.0. The first-order chi connectivity index (χ1) is 10.9. The van der Waals surface area contributed by atoms with Crippen LogP contribution in [0.4, 0.5) is 5.69 Å². The van der Waals surface area contributed by atoms with Gasteiger partial charge in [-0.2, -0.15) is 0 Å². The van der Waals surface area contributed by atoms with E-state index in [1.165, 1.54) is 12.8 Å². The molecule has 23 heavy (non-hydrogen) atoms. The fraction of sp³-hybridized carbons (Fsp3) is 0.500. The number of carbonyl (C=O) groups is 1. The van der Waals surface area contributed by atoms with Gasteiger partial charge in [0.25, 0.3) is 0 Å². The third-order valence-corrected chi connectivity index (χ3v) is 5.16. The molecule has 1 aromatic rings. The summed E-state index contributed by atoms with van der Waals surface area (Å²) in [7, 11) is 1.97. The number of carbonyl (C=O) groups excluding carboxylic acids is 1. The molecule has 1 heterocycles. The van der Waals surface area contributed by atoms with Crippen LogP contribution in [0.15, 0.2) is 18.2 Å². The summed E-state index contributed by atoms with van der Waals surface area (Å²) < 4.78 is 1.05. The Bertz CT molecular complexity index is 615. The molecule has 0 bridgehead atoms. The van der Waals surface area contributed by atoms with Crippen LogP contribution in [-0.4, -0.2) is 37.5 Å². The third kappa shape index (κ3) is 4.59. The number of anilines is 1. The maximum atomic E-state index is 12.4. The lowest BCUT2D eigenvalue weighted by Gasteiger charge is -2.33. The molecule has 0 saturated carbocycles. The lowest BCUT2D eigenvalue weighted by Crippen LogP contribution is -2.49. The van der Waals surface area contributed by atoms with Crippen molar-refractivity contribution in [1.82, 2.24) is 4.90 Å². The van der Waals surface area contributed by atoms with Gasteiger partial charge in [0, 0.05) is 28.3 Å². The van der Waals surface area contributed by atoms with E-state index in [0.717, 1.165) is 34.3 Å². The zero-order valence-electron chi connectivity index (χ0n) is 14.0. The summed E-state index contributed by atoms with van der Waals surface area (Å²) in [4.78, 5) is 16.3. The second-order valence-electron chi connectivity index (χ2n) is 6.07. The summed E-state index contributed by atoms with van der Waals surface area (Å²) in [5, 5.41) is 0.660. The van der Waals surface area contributed by atoms with Crippen LogP contribution in [0.25, 0.3) is 4.48 Å². The Balaban J connectivity index is 2.35. The predicted octanol–water partition coefficient (Wildman–Crippen LogP) is 4.85. The van der Waals surface area contributed by atoms with Crippen LogP contribution in [0.3, 0.4) is 0 Å². The molecule has 5 heteroatoms. The minimum Gasteiger partial charge on any atom is -0.310 e. The van der Waals surface area contributed by atoms with E-state index in [1.54, 1.807) is 0 Å². The van der Waals surface area contributed by atoms with Crippen molar-refractivity contribution in [3.05, 3.63) is 34.4 Å². The van der Waals surface area contributed by atoms with E-state index >= 15 is 0 Å². The largest absolute Gasteiger partial charge is 0.310 e. The van der Waals surface area contributed by atoms with Crippen LogP contribution in [-0.2, 0) is 4.79 Å². The standard InChI is InChI=1S/C18H24BrClN2O/c1-4-5-6-7-16(19)15-10-14(20)11-17(13(15)2)22-9-8-21(3)12-18(22)23/h7,10-11H,4-6,8-9,12H2,1-3H3/b16-7+. The summed E-state index contributed by atoms with van der Waals surface area (Å²) in [6.45, 7) is 6.27. The van der Waals surface area contributed by atoms with Crippen LogP contribution in [0, 0.1) is 6.92 Å². The van der Waals surface area contributed by atoms with Crippen molar-refractivity contribution in [1.29, 1.82) is 0 Å². The topological polar surface area (TPSA) is 23.6 Å². The molecule has 1 aliphatic rings. The van der Waals surface area contributed by atoms with Gasteiger partial charge < -0.3 is 4.90 Å². The van der Waals surface area contributed by atoms with Crippen molar-refractivity contribution in [2.45, 2.75) is 33.1 Å². The monoisotopic (exact) mass is 398 g/mol. The molecule has 1 saturated heterocycles. The Morgan fingerprint density at radius 1 is 1.39 bits per heavy atom. The second kappa shape index (κ2) is 8.32. The number of hydrogen-bond acceptors (Lipinski definition) is 2. The molecule has 126 valence electrons. The van der Waals surface area contributed by atoms with Gasteiger partial charge in [-0.3, -0.25) is 9.69 Å². The number of halogens is 2. The number of amides is 1. The van der Waals surface area contributed by atoms with Gasteiger partial charge in [0.1, 0.15) is 0 Å². The summed E-state index contributed by atoms with van der Waals surface area (Å²) >= 11 is 10.0. The Kier molecular flexibility index (Phi) is 6.69. The van der Waals surface area contributed by atoms with Crippen molar-refractivity contribution in [3.8, 4) is 0 Å². The summed E-state index contributed by atoms with van der Waals surface area (Å²) in [6.07, 6.45) is 5.56. The lowest BCUT2D eigenvalue weighted by molar-refractivity contribution is -0.120. The number of allylic oxidation sites excluding steroid dienone is 1. The molecule has 0 unspecified atom stereocenters. The fourth-order valence-corrected chi connectivity index (χ4v) is 3.63. The van der Waals surface area contributed by atoms with Gasteiger partial charge in [-0.25, -0.2) is 0 Å². The minimum absolute atomic E-state index is 0.126. The van der Waals surface area contributed by atoms with E-state index < -0.39 is 0 Å². The van der Waals surface area contributed by atoms with Crippen molar-refractivity contribution < 1.29 is 4.79 Å². The number of rotatable bonds is 5. The molecule has 0 aliphatic carbocycles. The number of benzene rings is 1. The number of hydrogen-bond donors (Lipinski definition) is 0. The van der Waals surface area contributed by atoms with Gasteiger partial charge in [-0.15, -0.1) is 0 Å². The van der Waals surface area contributed by atoms with E-state index in [0.29, 0.717) is 18.1 Å². The quantitative estimate of drug-likeness (QED) is 0.661. The Hall–Kier alpha value is -0.840. The molecular weight excluding hydrogens is 376 g/mol. The van der Waals surface area contributed by atoms with Gasteiger partial charge in [0.15, 0.2) is 0 Å². The normalized spacial score (nSPS) is 17.0. The molecule has 1 fully saturated rings. The van der Waals surface area contributed by atoms with E-state index in [9.17, 15) is 4.79 Å². The number of nitrogens with zero attached hydrogens (tertiary/aromatic N) is 2. The molecule has 1 amide bonds. The molecule has 3 nitrogen and oxygen atoms in total. The van der Waals surface area contributed by atoms with Gasteiger partial charge in [0.05, 0.1) is 6.54 Å². The number of likely N-dealkylation sites (N-methyl/N-ethyl adjacent to an activating group) is 1. The lowest BCUT2D eigenvalue weighted by atomic mass is 10.0. The molecule has 0 N–H and O–H groups in total. The SMILES string of the molecule is CCCC/C=C(/Br)c1cc(Cl)cc(N2CCN(C)CC2=O)c1C. The van der Waals surface area contributed by atoms with Gasteiger partial charge in [0.2, 0.25) is 5.91 Å². The summed E-state index contributed by atoms with van der Waals surface area (Å²) in [5.41, 5.74) is 3.08. The Morgan fingerprint density at radius 2 is 2.13 bits per heavy atom. The van der Waals surface area contributed by atoms with Crippen LogP contribution in [0.2, 0.25) is 5.02 Å². The van der Waals surface area contributed by atoms with E-state index in [4.69, 9.17) is 11.6 Å². The van der Waals surface area contributed by atoms with E-state index in [-0.39, 0.29) is 5.91 Å². The average molecular weight is 400 g/mol. The predicted molar refractivity (Wildman–Crippen MR) is 102 cm³/mol. The van der Waals surface area contributed by atoms with Crippen molar-refractivity contribution in [3.63, 3.8) is 0 Å². The Labute approximate surface area is 152 Å². The van der Waals surface area contributed by atoms with Crippen LogP contribution in [0.5, 0.6) is 0 Å². The molecule has 0 spiro atoms. The molecule has 2 rings (SSSR count). The van der Waals surface area contributed by atoms with Gasteiger partial charge >= 0.3 is 0 Å². The Morgan fingerprint density at radius 3 is 2.78 bits per heavy atom. The molecule has 1 aliphatic heterocycles. The first-order valence-corrected chi connectivity index (χ1v) is 9.26. The molecule has 0 radical (unpaired) electrons. The maximum absolute atomic E-state index is 12.4. The first-order valence-electron chi connectivity index (χ1n) is 8.09. The first kappa shape index (κ1) is 18.5. The molecule has 1 aromatic carbocycles. The highest BCUT2D eigenvalue weighted by Crippen LogP contribution is 2.35. The fourth-order valence-electron chi connectivity index (χ4n) is 2.78. The summed E-state index contributed by atoms with van der Waals surface area (Å²) in [5.74, 6) is 0.126. The number of unbranched alkanes of at least 4 members (excludes halogenated alkanes) is 2. The number of piperazine rings is 1. The van der Waals surface area contributed by atoms with E-state index in [2.05, 4.69) is 35.9 Å². The average Bonchev–Trinajstić information content (AvgIpc) is 2.50. The highest BCUT2D eigenvalue weighted by atomic mass is 79.9. The molecule has 0 aromatic heterocycles. The van der Waals surface area contributed by atoms with Crippen molar-refractivity contribution in [2.24, 2.45) is 0 Å². The second-order valence-corrected chi connectivity index (χ2v) is 7.37. The molecule has 0 atom stereocenters. The maximum Gasteiger partial charge on any atom is 0.241 e. The van der Waals surface area contributed by atoms with Crippen LogP contribution in [0.1, 0.15) is 37.3 Å². The smallest absolute Gasteiger partial charge is 0.241 e. The zero-order valence-corrected chi connectivity index (χ0v) is 16.4. The highest BCUT2D eigenvalue weighted by Gasteiger charge is 2.25.